The van der Waals surface area contributed by atoms with Crippen molar-refractivity contribution in [1.82, 2.24) is 29.4 Å². The standard InChI is InChI=1S/C14H9N7O3/c1-8-2-3-9(21(23)24)6-11(8)19-5-4-10-12(13(19)22)17-18-14-15-7-16-20(10)14/h2-7H,1H3. The summed E-state index contributed by atoms with van der Waals surface area (Å²) in [4.78, 5) is 27.2. The normalized spacial score (nSPS) is 11.2. The molecule has 4 rings (SSSR count). The molecule has 0 N–H and O–H groups in total. The Labute approximate surface area is 133 Å². The number of aryl methyl sites for hydroxylation is 1. The zero-order chi connectivity index (χ0) is 16.8. The second kappa shape index (κ2) is 4.91. The van der Waals surface area contributed by atoms with Gasteiger partial charge in [0, 0.05) is 18.3 Å². The molecule has 0 saturated heterocycles. The van der Waals surface area contributed by atoms with Crippen LogP contribution in [0.1, 0.15) is 5.56 Å². The molecule has 118 valence electrons. The maximum absolute atomic E-state index is 12.8. The van der Waals surface area contributed by atoms with E-state index in [1.165, 1.54) is 33.7 Å². The predicted molar refractivity (Wildman–Crippen MR) is 83.1 cm³/mol. The Kier molecular flexibility index (Phi) is 2.85. The van der Waals surface area contributed by atoms with Crippen molar-refractivity contribution in [1.29, 1.82) is 0 Å². The van der Waals surface area contributed by atoms with E-state index in [1.807, 2.05) is 0 Å². The van der Waals surface area contributed by atoms with Crippen molar-refractivity contribution < 1.29 is 4.92 Å². The van der Waals surface area contributed by atoms with Crippen LogP contribution in [0.4, 0.5) is 5.69 Å². The second-order valence-electron chi connectivity index (χ2n) is 5.12. The molecule has 0 radical (unpaired) electrons. The van der Waals surface area contributed by atoms with Crippen LogP contribution in [0.5, 0.6) is 0 Å². The van der Waals surface area contributed by atoms with Gasteiger partial charge < -0.3 is 0 Å². The lowest BCUT2D eigenvalue weighted by molar-refractivity contribution is -0.384. The van der Waals surface area contributed by atoms with Gasteiger partial charge in [0.25, 0.3) is 17.0 Å². The Hall–Kier alpha value is -3.69. The predicted octanol–water partition coefficient (Wildman–Crippen LogP) is 1.04. The Balaban J connectivity index is 2.03. The number of aromatic nitrogens is 6. The lowest BCUT2D eigenvalue weighted by Gasteiger charge is -2.09. The lowest BCUT2D eigenvalue weighted by atomic mass is 10.1. The summed E-state index contributed by atoms with van der Waals surface area (Å²) in [7, 11) is 0. The lowest BCUT2D eigenvalue weighted by Crippen LogP contribution is -2.21. The van der Waals surface area contributed by atoms with Crippen LogP contribution >= 0.6 is 0 Å². The quantitative estimate of drug-likeness (QED) is 0.399. The van der Waals surface area contributed by atoms with Crippen LogP contribution in [0.15, 0.2) is 41.6 Å². The number of hydrogen-bond donors (Lipinski definition) is 0. The van der Waals surface area contributed by atoms with Crippen LogP contribution in [0, 0.1) is 17.0 Å². The van der Waals surface area contributed by atoms with E-state index in [9.17, 15) is 14.9 Å². The highest BCUT2D eigenvalue weighted by Gasteiger charge is 2.15. The van der Waals surface area contributed by atoms with Crippen molar-refractivity contribution in [2.45, 2.75) is 6.92 Å². The second-order valence-corrected chi connectivity index (χ2v) is 5.12. The van der Waals surface area contributed by atoms with Crippen LogP contribution in [-0.2, 0) is 0 Å². The van der Waals surface area contributed by atoms with E-state index in [4.69, 9.17) is 0 Å². The molecular formula is C14H9N7O3. The van der Waals surface area contributed by atoms with Gasteiger partial charge in [-0.2, -0.15) is 14.6 Å². The molecule has 0 aliphatic rings. The van der Waals surface area contributed by atoms with E-state index in [-0.39, 0.29) is 17.0 Å². The molecule has 0 atom stereocenters. The molecule has 3 aromatic heterocycles. The Bertz CT molecular complexity index is 1180. The van der Waals surface area contributed by atoms with Crippen LogP contribution in [0.2, 0.25) is 0 Å². The van der Waals surface area contributed by atoms with Gasteiger partial charge >= 0.3 is 0 Å². The number of nitro groups is 1. The topological polar surface area (TPSA) is 121 Å². The van der Waals surface area contributed by atoms with E-state index in [0.717, 1.165) is 5.56 Å². The van der Waals surface area contributed by atoms with Crippen LogP contribution in [0.25, 0.3) is 22.5 Å². The summed E-state index contributed by atoms with van der Waals surface area (Å²) in [6, 6.07) is 5.98. The van der Waals surface area contributed by atoms with Crippen LogP contribution < -0.4 is 5.56 Å². The van der Waals surface area contributed by atoms with E-state index in [1.54, 1.807) is 19.1 Å². The van der Waals surface area contributed by atoms with Crippen molar-refractivity contribution >= 4 is 22.5 Å². The summed E-state index contributed by atoms with van der Waals surface area (Å²) < 4.78 is 2.72. The molecule has 3 heterocycles. The van der Waals surface area contributed by atoms with Crippen molar-refractivity contribution in [3.63, 3.8) is 0 Å². The number of rotatable bonds is 2. The summed E-state index contributed by atoms with van der Waals surface area (Å²) >= 11 is 0. The third kappa shape index (κ3) is 1.93. The third-order valence-corrected chi connectivity index (χ3v) is 3.71. The Morgan fingerprint density at radius 1 is 1.21 bits per heavy atom. The van der Waals surface area contributed by atoms with Crippen LogP contribution in [-0.4, -0.2) is 34.3 Å². The van der Waals surface area contributed by atoms with E-state index < -0.39 is 10.5 Å². The molecule has 4 aromatic rings. The van der Waals surface area contributed by atoms with Gasteiger partial charge in [-0.1, -0.05) is 6.07 Å². The average Bonchev–Trinajstić information content (AvgIpc) is 3.05. The molecule has 24 heavy (non-hydrogen) atoms. The minimum absolute atomic E-state index is 0.0968. The van der Waals surface area contributed by atoms with Gasteiger partial charge in [0.05, 0.1) is 10.6 Å². The average molecular weight is 323 g/mol. The largest absolute Gasteiger partial charge is 0.285 e. The van der Waals surface area contributed by atoms with E-state index >= 15 is 0 Å². The van der Waals surface area contributed by atoms with Gasteiger partial charge in [-0.15, -0.1) is 10.2 Å². The SMILES string of the molecule is Cc1ccc([N+](=O)[O-])cc1-n1ccc2c(nnc3ncnn32)c1=O. The molecule has 0 fully saturated rings. The molecule has 10 nitrogen and oxygen atoms in total. The molecule has 0 aliphatic heterocycles. The van der Waals surface area contributed by atoms with Gasteiger partial charge in [0.2, 0.25) is 0 Å². The first-order valence-corrected chi connectivity index (χ1v) is 6.89. The monoisotopic (exact) mass is 323 g/mol. The number of fused-ring (bicyclic) bond motifs is 3. The molecule has 0 unspecified atom stereocenters. The summed E-state index contributed by atoms with van der Waals surface area (Å²) in [5.74, 6) is 0.283. The molecular weight excluding hydrogens is 314 g/mol. The minimum Gasteiger partial charge on any atom is -0.282 e. The number of pyridine rings is 1. The van der Waals surface area contributed by atoms with Gasteiger partial charge in [0.1, 0.15) is 11.8 Å². The first kappa shape index (κ1) is 13.9. The van der Waals surface area contributed by atoms with Gasteiger partial charge in [-0.3, -0.25) is 19.5 Å². The number of hydrogen-bond acceptors (Lipinski definition) is 7. The first-order chi connectivity index (χ1) is 11.6. The fraction of sp³-hybridized carbons (Fsp3) is 0.0714. The summed E-state index contributed by atoms with van der Waals surface area (Å²) in [6.07, 6.45) is 2.85. The van der Waals surface area contributed by atoms with Crippen LogP contribution in [0.3, 0.4) is 0 Å². The fourth-order valence-electron chi connectivity index (χ4n) is 2.51. The minimum atomic E-state index is -0.506. The molecule has 1 aromatic carbocycles. The van der Waals surface area contributed by atoms with Gasteiger partial charge in [-0.25, -0.2) is 0 Å². The summed E-state index contributed by atoms with van der Waals surface area (Å²) in [6.45, 7) is 1.77. The Morgan fingerprint density at radius 3 is 2.83 bits per heavy atom. The maximum Gasteiger partial charge on any atom is 0.285 e. The number of non-ortho nitro benzene ring substituents is 1. The Morgan fingerprint density at radius 2 is 2.04 bits per heavy atom. The number of nitro benzene ring substituents is 1. The van der Waals surface area contributed by atoms with Crippen molar-refractivity contribution in [3.8, 4) is 5.69 Å². The maximum atomic E-state index is 12.8. The molecule has 0 bridgehead atoms. The van der Waals surface area contributed by atoms with Crippen molar-refractivity contribution in [2.75, 3.05) is 0 Å². The molecule has 0 saturated carbocycles. The molecule has 0 amide bonds. The van der Waals surface area contributed by atoms with Crippen molar-refractivity contribution in [2.24, 2.45) is 0 Å². The summed E-state index contributed by atoms with van der Waals surface area (Å²) in [5.41, 5.74) is 1.15. The van der Waals surface area contributed by atoms with Gasteiger partial charge in [0.15, 0.2) is 5.52 Å². The smallest absolute Gasteiger partial charge is 0.282 e. The highest BCUT2D eigenvalue weighted by molar-refractivity contribution is 5.74. The van der Waals surface area contributed by atoms with E-state index in [2.05, 4.69) is 20.3 Å². The van der Waals surface area contributed by atoms with Gasteiger partial charge in [-0.05, 0) is 18.6 Å². The summed E-state index contributed by atoms with van der Waals surface area (Å²) in [5, 5.41) is 22.8. The highest BCUT2D eigenvalue weighted by atomic mass is 16.6. The van der Waals surface area contributed by atoms with Crippen molar-refractivity contribution in [3.05, 3.63) is 62.8 Å². The zero-order valence-electron chi connectivity index (χ0n) is 12.3. The molecule has 0 aliphatic carbocycles. The number of nitrogens with zero attached hydrogens (tertiary/aromatic N) is 7. The molecule has 0 spiro atoms. The zero-order valence-corrected chi connectivity index (χ0v) is 12.3. The first-order valence-electron chi connectivity index (χ1n) is 6.89. The fourth-order valence-corrected chi connectivity index (χ4v) is 2.51. The molecule has 10 heteroatoms. The number of benzene rings is 1. The highest BCUT2D eigenvalue weighted by Crippen LogP contribution is 2.20. The third-order valence-electron chi connectivity index (χ3n) is 3.71. The van der Waals surface area contributed by atoms with E-state index in [0.29, 0.717) is 11.2 Å².